The number of benzene rings is 1. The van der Waals surface area contributed by atoms with Crippen molar-refractivity contribution in [2.75, 3.05) is 17.6 Å². The molecule has 8 heteroatoms. The topological polar surface area (TPSA) is 81.4 Å². The van der Waals surface area contributed by atoms with Crippen molar-refractivity contribution in [1.29, 1.82) is 0 Å². The fourth-order valence-electron chi connectivity index (χ4n) is 1.45. The fraction of sp³-hybridized carbons (Fsp3) is 0.0909. The van der Waals surface area contributed by atoms with Gasteiger partial charge in [-0.05, 0) is 39.5 Å². The molecule has 1 aromatic heterocycles. The Bertz CT molecular complexity index is 698. The Morgan fingerprint density at radius 2 is 2.11 bits per heavy atom. The van der Waals surface area contributed by atoms with E-state index < -0.39 is 10.0 Å². The molecule has 3 N–H and O–H groups in total. The van der Waals surface area contributed by atoms with Crippen LogP contribution in [0, 0.1) is 0 Å². The van der Waals surface area contributed by atoms with Crippen LogP contribution in [0.2, 0.25) is 0 Å². The second-order valence-electron chi connectivity index (χ2n) is 3.62. The average Bonchev–Trinajstić information content (AvgIpc) is 2.78. The maximum Gasteiger partial charge on any atom is 0.272 e. The van der Waals surface area contributed by atoms with E-state index in [9.17, 15) is 8.42 Å². The van der Waals surface area contributed by atoms with Gasteiger partial charge in [-0.15, -0.1) is 11.3 Å². The van der Waals surface area contributed by atoms with Crippen molar-refractivity contribution < 1.29 is 13.2 Å². The molecule has 0 saturated heterocycles. The van der Waals surface area contributed by atoms with Crippen LogP contribution < -0.4 is 15.2 Å². The summed E-state index contributed by atoms with van der Waals surface area (Å²) in [4.78, 5) is 0. The number of rotatable bonds is 4. The summed E-state index contributed by atoms with van der Waals surface area (Å²) in [7, 11) is -2.14. The minimum Gasteiger partial charge on any atom is -0.495 e. The molecule has 1 aromatic carbocycles. The Labute approximate surface area is 123 Å². The molecule has 5 nitrogen and oxygen atoms in total. The molecule has 0 aliphatic heterocycles. The molecule has 19 heavy (non-hydrogen) atoms. The van der Waals surface area contributed by atoms with E-state index in [1.54, 1.807) is 23.6 Å². The van der Waals surface area contributed by atoms with Gasteiger partial charge in [-0.2, -0.15) is 0 Å². The van der Waals surface area contributed by atoms with Crippen molar-refractivity contribution in [3.63, 3.8) is 0 Å². The summed E-state index contributed by atoms with van der Waals surface area (Å²) in [5, 5.41) is 1.70. The van der Waals surface area contributed by atoms with E-state index in [1.165, 1.54) is 13.2 Å². The van der Waals surface area contributed by atoms with E-state index in [0.717, 1.165) is 11.3 Å². The Morgan fingerprint density at radius 1 is 1.37 bits per heavy atom. The number of thiophene rings is 1. The van der Waals surface area contributed by atoms with Gasteiger partial charge in [0.2, 0.25) is 0 Å². The zero-order valence-electron chi connectivity index (χ0n) is 9.88. The maximum atomic E-state index is 12.2. The Kier molecular flexibility index (Phi) is 4.02. The third-order valence-corrected chi connectivity index (χ3v) is 6.37. The molecule has 0 bridgehead atoms. The first-order valence-electron chi connectivity index (χ1n) is 5.13. The number of hydrogen-bond acceptors (Lipinski definition) is 5. The largest absolute Gasteiger partial charge is 0.495 e. The zero-order chi connectivity index (χ0) is 14.0. The Balaban J connectivity index is 2.34. The van der Waals surface area contributed by atoms with Crippen molar-refractivity contribution >= 4 is 48.7 Å². The van der Waals surface area contributed by atoms with Crippen LogP contribution >= 0.6 is 27.3 Å². The monoisotopic (exact) mass is 362 g/mol. The third-order valence-electron chi connectivity index (χ3n) is 2.31. The second kappa shape index (κ2) is 5.40. The molecule has 0 fully saturated rings. The molecule has 0 spiro atoms. The molecule has 0 atom stereocenters. The summed E-state index contributed by atoms with van der Waals surface area (Å²) in [5.41, 5.74) is 6.52. The Morgan fingerprint density at radius 3 is 2.68 bits per heavy atom. The lowest BCUT2D eigenvalue weighted by molar-refractivity contribution is 0.417. The molecule has 1 heterocycles. The highest BCUT2D eigenvalue weighted by Crippen LogP contribution is 2.31. The number of nitrogens with one attached hydrogen (secondary N) is 1. The molecule has 0 aliphatic carbocycles. The number of methoxy groups -OCH3 is 1. The zero-order valence-corrected chi connectivity index (χ0v) is 13.1. The predicted octanol–water partition coefficient (Wildman–Crippen LogP) is 2.90. The van der Waals surface area contributed by atoms with E-state index in [0.29, 0.717) is 21.6 Å². The van der Waals surface area contributed by atoms with Crippen molar-refractivity contribution in [1.82, 2.24) is 0 Å². The fourth-order valence-corrected chi connectivity index (χ4v) is 4.84. The highest BCUT2D eigenvalue weighted by Gasteiger charge is 2.19. The molecule has 0 saturated carbocycles. The van der Waals surface area contributed by atoms with Crippen LogP contribution in [0.3, 0.4) is 0 Å². The first kappa shape index (κ1) is 14.2. The van der Waals surface area contributed by atoms with Crippen molar-refractivity contribution in [2.45, 2.75) is 4.21 Å². The average molecular weight is 363 g/mol. The van der Waals surface area contributed by atoms with Crippen LogP contribution in [0.4, 0.5) is 11.4 Å². The number of ether oxygens (including phenoxy) is 1. The van der Waals surface area contributed by atoms with Gasteiger partial charge >= 0.3 is 0 Å². The van der Waals surface area contributed by atoms with E-state index in [4.69, 9.17) is 10.5 Å². The molecule has 0 aliphatic rings. The lowest BCUT2D eigenvalue weighted by Crippen LogP contribution is -2.12. The lowest BCUT2D eigenvalue weighted by Gasteiger charge is -2.10. The van der Waals surface area contributed by atoms with Crippen LogP contribution in [0.15, 0.2) is 38.3 Å². The smallest absolute Gasteiger partial charge is 0.272 e. The van der Waals surface area contributed by atoms with Gasteiger partial charge in [-0.25, -0.2) is 8.42 Å². The summed E-state index contributed by atoms with van der Waals surface area (Å²) >= 11 is 4.34. The summed E-state index contributed by atoms with van der Waals surface area (Å²) in [6.07, 6.45) is 0. The molecular weight excluding hydrogens is 352 g/mol. The van der Waals surface area contributed by atoms with Gasteiger partial charge in [0.25, 0.3) is 10.0 Å². The number of halogens is 1. The van der Waals surface area contributed by atoms with Gasteiger partial charge in [-0.1, -0.05) is 0 Å². The summed E-state index contributed by atoms with van der Waals surface area (Å²) in [6, 6.07) is 6.38. The maximum absolute atomic E-state index is 12.2. The minimum absolute atomic E-state index is 0.225. The Hall–Kier alpha value is -1.25. The van der Waals surface area contributed by atoms with Crippen molar-refractivity contribution in [3.8, 4) is 5.75 Å². The molecule has 2 aromatic rings. The summed E-state index contributed by atoms with van der Waals surface area (Å²) in [5.74, 6) is 0.422. The standard InChI is InChI=1S/C11H11BrN2O3S2/c1-17-10-6-7(2-3-9(10)13)14-19(15,16)11-8(12)4-5-18-11/h2-6,14H,13H2,1H3. The number of sulfonamides is 1. The predicted molar refractivity (Wildman–Crippen MR) is 80.2 cm³/mol. The molecular formula is C11H11BrN2O3S2. The van der Waals surface area contributed by atoms with E-state index in [1.807, 2.05) is 0 Å². The molecule has 0 unspecified atom stereocenters. The quantitative estimate of drug-likeness (QED) is 0.819. The van der Waals surface area contributed by atoms with Gasteiger partial charge in [0.15, 0.2) is 4.21 Å². The second-order valence-corrected chi connectivity index (χ2v) is 7.27. The van der Waals surface area contributed by atoms with Crippen LogP contribution in [0.5, 0.6) is 5.75 Å². The van der Waals surface area contributed by atoms with E-state index in [-0.39, 0.29) is 4.21 Å². The van der Waals surface area contributed by atoms with Crippen molar-refractivity contribution in [3.05, 3.63) is 34.1 Å². The van der Waals surface area contributed by atoms with Crippen LogP contribution in [-0.2, 0) is 10.0 Å². The van der Waals surface area contributed by atoms with Gasteiger partial charge in [-0.3, -0.25) is 4.72 Å². The van der Waals surface area contributed by atoms with Gasteiger partial charge in [0, 0.05) is 10.5 Å². The normalized spacial score (nSPS) is 11.3. The summed E-state index contributed by atoms with van der Waals surface area (Å²) < 4.78 is 32.6. The molecule has 102 valence electrons. The van der Waals surface area contributed by atoms with Crippen LogP contribution in [0.25, 0.3) is 0 Å². The number of nitrogens with two attached hydrogens (primary N) is 1. The molecule has 2 rings (SSSR count). The van der Waals surface area contributed by atoms with Crippen molar-refractivity contribution in [2.24, 2.45) is 0 Å². The number of hydrogen-bond donors (Lipinski definition) is 2. The van der Waals surface area contributed by atoms with E-state index >= 15 is 0 Å². The first-order chi connectivity index (χ1) is 8.94. The first-order valence-corrected chi connectivity index (χ1v) is 8.29. The highest BCUT2D eigenvalue weighted by molar-refractivity contribution is 9.10. The number of anilines is 2. The lowest BCUT2D eigenvalue weighted by atomic mass is 10.3. The molecule has 0 amide bonds. The third kappa shape index (κ3) is 3.02. The summed E-state index contributed by atoms with van der Waals surface area (Å²) in [6.45, 7) is 0. The van der Waals surface area contributed by atoms with Gasteiger partial charge in [0.1, 0.15) is 5.75 Å². The van der Waals surface area contributed by atoms with Crippen LogP contribution in [0.1, 0.15) is 0 Å². The highest BCUT2D eigenvalue weighted by atomic mass is 79.9. The number of nitrogen functional groups attached to an aromatic ring is 1. The van der Waals surface area contributed by atoms with Gasteiger partial charge < -0.3 is 10.5 Å². The van der Waals surface area contributed by atoms with Crippen LogP contribution in [-0.4, -0.2) is 15.5 Å². The van der Waals surface area contributed by atoms with E-state index in [2.05, 4.69) is 20.7 Å². The van der Waals surface area contributed by atoms with Gasteiger partial charge in [0.05, 0.1) is 18.5 Å². The SMILES string of the molecule is COc1cc(NS(=O)(=O)c2sccc2Br)ccc1N. The minimum atomic E-state index is -3.61. The molecule has 0 radical (unpaired) electrons.